The molecular weight excluding hydrogens is 302 g/mol. The lowest BCUT2D eigenvalue weighted by Crippen LogP contribution is -2.52. The van der Waals surface area contributed by atoms with Gasteiger partial charge in [-0.15, -0.1) is 0 Å². The molecule has 1 unspecified atom stereocenters. The summed E-state index contributed by atoms with van der Waals surface area (Å²) in [7, 11) is 2.08. The minimum atomic E-state index is -0.486. The number of hydrogen-bond donors (Lipinski definition) is 1. The van der Waals surface area contributed by atoms with Gasteiger partial charge in [0.15, 0.2) is 0 Å². The number of nitrogens with zero attached hydrogens (tertiary/aromatic N) is 2. The average Bonchev–Trinajstić information content (AvgIpc) is 2.76. The van der Waals surface area contributed by atoms with Crippen molar-refractivity contribution in [3.63, 3.8) is 0 Å². The highest BCUT2D eigenvalue weighted by molar-refractivity contribution is 5.98. The fourth-order valence-corrected chi connectivity index (χ4v) is 3.02. The van der Waals surface area contributed by atoms with Crippen LogP contribution in [0.4, 0.5) is 0 Å². The van der Waals surface area contributed by atoms with E-state index in [1.807, 2.05) is 43.9 Å². The predicted molar refractivity (Wildman–Crippen MR) is 96.0 cm³/mol. The maximum atomic E-state index is 12.9. The summed E-state index contributed by atoms with van der Waals surface area (Å²) >= 11 is 0. The topological polar surface area (TPSA) is 52.7 Å². The van der Waals surface area contributed by atoms with Crippen LogP contribution in [0.25, 0.3) is 0 Å². The molecule has 1 fully saturated rings. The fourth-order valence-electron chi connectivity index (χ4n) is 3.02. The molecule has 0 saturated carbocycles. The Balaban J connectivity index is 2.10. The van der Waals surface area contributed by atoms with Gasteiger partial charge in [-0.3, -0.25) is 9.59 Å². The third-order valence-electron chi connectivity index (χ3n) is 4.64. The summed E-state index contributed by atoms with van der Waals surface area (Å²) < 4.78 is 0. The number of likely N-dealkylation sites (N-methyl/N-ethyl adjacent to an activating group) is 1. The average molecular weight is 331 g/mol. The summed E-state index contributed by atoms with van der Waals surface area (Å²) in [6, 6.07) is 6.98. The van der Waals surface area contributed by atoms with Crippen molar-refractivity contribution in [2.75, 3.05) is 33.2 Å². The number of amides is 2. The first kappa shape index (κ1) is 18.5. The van der Waals surface area contributed by atoms with Crippen LogP contribution in [0, 0.1) is 12.8 Å². The van der Waals surface area contributed by atoms with Crippen molar-refractivity contribution >= 4 is 11.8 Å². The van der Waals surface area contributed by atoms with Gasteiger partial charge >= 0.3 is 0 Å². The number of aryl methyl sites for hydroxylation is 1. The predicted octanol–water partition coefficient (Wildman–Crippen LogP) is 1.91. The molecule has 1 atom stereocenters. The SMILES string of the molecule is Cc1ccccc1C(=O)NC(C(=O)N1CCCN(C)CC1)C(C)C. The molecule has 5 heteroatoms. The van der Waals surface area contributed by atoms with Crippen molar-refractivity contribution in [1.29, 1.82) is 0 Å². The molecule has 0 aromatic heterocycles. The van der Waals surface area contributed by atoms with E-state index in [0.29, 0.717) is 5.56 Å². The molecule has 24 heavy (non-hydrogen) atoms. The highest BCUT2D eigenvalue weighted by Crippen LogP contribution is 2.12. The molecule has 1 saturated heterocycles. The quantitative estimate of drug-likeness (QED) is 0.917. The highest BCUT2D eigenvalue weighted by atomic mass is 16.2. The summed E-state index contributed by atoms with van der Waals surface area (Å²) in [5, 5.41) is 2.96. The largest absolute Gasteiger partial charge is 0.340 e. The molecule has 132 valence electrons. The summed E-state index contributed by atoms with van der Waals surface area (Å²) in [4.78, 5) is 29.7. The molecule has 1 heterocycles. The summed E-state index contributed by atoms with van der Waals surface area (Å²) in [5.41, 5.74) is 1.55. The Hall–Kier alpha value is -1.88. The van der Waals surface area contributed by atoms with Crippen molar-refractivity contribution in [3.8, 4) is 0 Å². The Bertz CT molecular complexity index is 586. The zero-order valence-corrected chi connectivity index (χ0v) is 15.2. The lowest BCUT2D eigenvalue weighted by atomic mass is 10.0. The van der Waals surface area contributed by atoms with Crippen LogP contribution in [-0.4, -0.2) is 60.9 Å². The molecule has 1 aromatic rings. The molecule has 1 N–H and O–H groups in total. The minimum absolute atomic E-state index is 0.0298. The smallest absolute Gasteiger partial charge is 0.252 e. The van der Waals surface area contributed by atoms with Gasteiger partial charge in [-0.2, -0.15) is 0 Å². The van der Waals surface area contributed by atoms with E-state index in [-0.39, 0.29) is 17.7 Å². The van der Waals surface area contributed by atoms with E-state index in [1.165, 1.54) is 0 Å². The lowest BCUT2D eigenvalue weighted by molar-refractivity contribution is -0.134. The van der Waals surface area contributed by atoms with Gasteiger partial charge < -0.3 is 15.1 Å². The third kappa shape index (κ3) is 4.57. The minimum Gasteiger partial charge on any atom is -0.340 e. The fraction of sp³-hybridized carbons (Fsp3) is 0.579. The lowest BCUT2D eigenvalue weighted by Gasteiger charge is -2.29. The molecule has 2 amide bonds. The van der Waals surface area contributed by atoms with Crippen LogP contribution in [0.5, 0.6) is 0 Å². The van der Waals surface area contributed by atoms with Gasteiger partial charge in [0, 0.05) is 25.2 Å². The van der Waals surface area contributed by atoms with Gasteiger partial charge in [0.1, 0.15) is 6.04 Å². The Morgan fingerprint density at radius 2 is 1.79 bits per heavy atom. The monoisotopic (exact) mass is 331 g/mol. The molecule has 1 aliphatic heterocycles. The molecule has 0 bridgehead atoms. The first-order valence-corrected chi connectivity index (χ1v) is 8.74. The van der Waals surface area contributed by atoms with E-state index < -0.39 is 6.04 Å². The summed E-state index contributed by atoms with van der Waals surface area (Å²) in [5.74, 6) is -0.0965. The van der Waals surface area contributed by atoms with Crippen LogP contribution in [0.2, 0.25) is 0 Å². The normalized spacial score (nSPS) is 17.5. The summed E-state index contributed by atoms with van der Waals surface area (Å²) in [6.45, 7) is 9.22. The molecule has 0 spiro atoms. The van der Waals surface area contributed by atoms with Crippen LogP contribution in [0.15, 0.2) is 24.3 Å². The zero-order valence-electron chi connectivity index (χ0n) is 15.2. The number of hydrogen-bond acceptors (Lipinski definition) is 3. The molecule has 2 rings (SSSR count). The van der Waals surface area contributed by atoms with Gasteiger partial charge in [0.2, 0.25) is 5.91 Å². The second-order valence-electron chi connectivity index (χ2n) is 6.99. The zero-order chi connectivity index (χ0) is 17.7. The van der Waals surface area contributed by atoms with Crippen molar-refractivity contribution in [2.24, 2.45) is 5.92 Å². The van der Waals surface area contributed by atoms with Crippen LogP contribution < -0.4 is 5.32 Å². The Labute approximate surface area is 145 Å². The van der Waals surface area contributed by atoms with Crippen molar-refractivity contribution in [3.05, 3.63) is 35.4 Å². The van der Waals surface area contributed by atoms with Crippen molar-refractivity contribution in [1.82, 2.24) is 15.1 Å². The van der Waals surface area contributed by atoms with Crippen LogP contribution >= 0.6 is 0 Å². The molecule has 1 aromatic carbocycles. The van der Waals surface area contributed by atoms with Gasteiger partial charge in [0.25, 0.3) is 5.91 Å². The second-order valence-corrected chi connectivity index (χ2v) is 6.99. The van der Waals surface area contributed by atoms with E-state index in [9.17, 15) is 9.59 Å². The van der Waals surface area contributed by atoms with Gasteiger partial charge in [-0.1, -0.05) is 32.0 Å². The third-order valence-corrected chi connectivity index (χ3v) is 4.64. The molecule has 0 radical (unpaired) electrons. The van der Waals surface area contributed by atoms with Gasteiger partial charge in [0.05, 0.1) is 0 Å². The van der Waals surface area contributed by atoms with Crippen LogP contribution in [0.3, 0.4) is 0 Å². The maximum absolute atomic E-state index is 12.9. The highest BCUT2D eigenvalue weighted by Gasteiger charge is 2.29. The first-order chi connectivity index (χ1) is 11.4. The van der Waals surface area contributed by atoms with Gasteiger partial charge in [-0.05, 0) is 44.5 Å². The molecular formula is C19H29N3O2. The van der Waals surface area contributed by atoms with Gasteiger partial charge in [-0.25, -0.2) is 0 Å². The number of carbonyl (C=O) groups excluding carboxylic acids is 2. The number of rotatable bonds is 4. The van der Waals surface area contributed by atoms with E-state index in [4.69, 9.17) is 0 Å². The first-order valence-electron chi connectivity index (χ1n) is 8.74. The standard InChI is InChI=1S/C19H29N3O2/c1-14(2)17(19(24)22-11-7-10-21(4)12-13-22)20-18(23)16-9-6-5-8-15(16)3/h5-6,8-9,14,17H,7,10-13H2,1-4H3,(H,20,23). The van der Waals surface area contributed by atoms with E-state index in [0.717, 1.165) is 38.2 Å². The number of benzene rings is 1. The molecule has 0 aliphatic carbocycles. The number of nitrogens with one attached hydrogen (secondary N) is 1. The number of carbonyl (C=O) groups is 2. The van der Waals surface area contributed by atoms with Crippen LogP contribution in [0.1, 0.15) is 36.2 Å². The van der Waals surface area contributed by atoms with Crippen molar-refractivity contribution < 1.29 is 9.59 Å². The second kappa shape index (κ2) is 8.29. The maximum Gasteiger partial charge on any atom is 0.252 e. The summed E-state index contributed by atoms with van der Waals surface area (Å²) in [6.07, 6.45) is 0.971. The van der Waals surface area contributed by atoms with E-state index >= 15 is 0 Å². The van der Waals surface area contributed by atoms with Crippen LogP contribution in [-0.2, 0) is 4.79 Å². The Morgan fingerprint density at radius 1 is 1.08 bits per heavy atom. The van der Waals surface area contributed by atoms with Crippen molar-refractivity contribution in [2.45, 2.75) is 33.2 Å². The molecule has 1 aliphatic rings. The Morgan fingerprint density at radius 3 is 2.46 bits per heavy atom. The Kier molecular flexibility index (Phi) is 6.37. The van der Waals surface area contributed by atoms with E-state index in [2.05, 4.69) is 17.3 Å². The molecule has 5 nitrogen and oxygen atoms in total. The van der Waals surface area contributed by atoms with E-state index in [1.54, 1.807) is 6.07 Å².